The molecule has 1 aliphatic carbocycles. The maximum atomic E-state index is 12.2. The lowest BCUT2D eigenvalue weighted by Gasteiger charge is -2.01. The summed E-state index contributed by atoms with van der Waals surface area (Å²) in [4.78, 5) is 10.6. The van der Waals surface area contributed by atoms with E-state index in [4.69, 9.17) is 5.11 Å². The van der Waals surface area contributed by atoms with Gasteiger partial charge in [-0.1, -0.05) is 24.3 Å². The molecule has 0 saturated heterocycles. The van der Waals surface area contributed by atoms with Crippen molar-refractivity contribution < 1.29 is 18.7 Å². The zero-order valence-corrected chi connectivity index (χ0v) is 7.86. The zero-order valence-electron chi connectivity index (χ0n) is 7.86. The number of alkyl halides is 2. The van der Waals surface area contributed by atoms with Crippen LogP contribution in [0.4, 0.5) is 8.78 Å². The van der Waals surface area contributed by atoms with Crippen molar-refractivity contribution in [1.29, 1.82) is 0 Å². The molecule has 0 bridgehead atoms. The van der Waals surface area contributed by atoms with Gasteiger partial charge in [-0.05, 0) is 17.9 Å². The second-order valence-corrected chi connectivity index (χ2v) is 3.75. The summed E-state index contributed by atoms with van der Waals surface area (Å²) < 4.78 is 24.5. The van der Waals surface area contributed by atoms with Gasteiger partial charge in [0.15, 0.2) is 0 Å². The molecule has 2 nitrogen and oxygen atoms in total. The van der Waals surface area contributed by atoms with E-state index in [-0.39, 0.29) is 17.4 Å². The number of hydrogen-bond acceptors (Lipinski definition) is 1. The van der Waals surface area contributed by atoms with Crippen LogP contribution in [-0.4, -0.2) is 11.1 Å². The molecule has 15 heavy (non-hydrogen) atoms. The summed E-state index contributed by atoms with van der Waals surface area (Å²) >= 11 is 0. The van der Waals surface area contributed by atoms with Gasteiger partial charge in [0.05, 0.1) is 5.92 Å². The fourth-order valence-electron chi connectivity index (χ4n) is 1.73. The molecule has 0 aromatic heterocycles. The van der Waals surface area contributed by atoms with Gasteiger partial charge in [-0.3, -0.25) is 4.79 Å². The number of carbonyl (C=O) groups is 1. The molecule has 0 amide bonds. The molecule has 1 saturated carbocycles. The highest BCUT2D eigenvalue weighted by atomic mass is 19.3. The molecule has 1 N–H and O–H groups in total. The molecule has 4 heteroatoms. The van der Waals surface area contributed by atoms with E-state index in [0.717, 1.165) is 5.56 Å². The first kappa shape index (κ1) is 10.1. The normalized spacial score (nSPS) is 24.2. The SMILES string of the molecule is O=C(O)C1CC1c1ccc(C(F)F)cc1. The first-order chi connectivity index (χ1) is 7.09. The Hall–Kier alpha value is -1.45. The van der Waals surface area contributed by atoms with Crippen molar-refractivity contribution >= 4 is 5.97 Å². The zero-order chi connectivity index (χ0) is 11.0. The minimum absolute atomic E-state index is 0.00854. The highest BCUT2D eigenvalue weighted by molar-refractivity contribution is 5.75. The molecule has 80 valence electrons. The molecule has 0 spiro atoms. The van der Waals surface area contributed by atoms with Gasteiger partial charge >= 0.3 is 5.97 Å². The quantitative estimate of drug-likeness (QED) is 0.836. The summed E-state index contributed by atoms with van der Waals surface area (Å²) in [5.41, 5.74) is 0.818. The largest absolute Gasteiger partial charge is 0.481 e. The lowest BCUT2D eigenvalue weighted by Crippen LogP contribution is -1.98. The molecule has 1 fully saturated rings. The molecule has 2 atom stereocenters. The first-order valence-corrected chi connectivity index (χ1v) is 4.70. The highest BCUT2D eigenvalue weighted by Crippen LogP contribution is 2.47. The van der Waals surface area contributed by atoms with E-state index in [9.17, 15) is 13.6 Å². The lowest BCUT2D eigenvalue weighted by molar-refractivity contribution is -0.138. The number of rotatable bonds is 3. The number of benzene rings is 1. The molecule has 0 radical (unpaired) electrons. The van der Waals surface area contributed by atoms with Crippen molar-refractivity contribution in [1.82, 2.24) is 0 Å². The van der Waals surface area contributed by atoms with Crippen molar-refractivity contribution in [2.45, 2.75) is 18.8 Å². The Morgan fingerprint density at radius 1 is 1.33 bits per heavy atom. The van der Waals surface area contributed by atoms with E-state index in [0.29, 0.717) is 6.42 Å². The smallest absolute Gasteiger partial charge is 0.307 e. The van der Waals surface area contributed by atoms with Crippen molar-refractivity contribution in [2.75, 3.05) is 0 Å². The number of carboxylic acids is 1. The highest BCUT2D eigenvalue weighted by Gasteiger charge is 2.44. The minimum atomic E-state index is -2.46. The fraction of sp³-hybridized carbons (Fsp3) is 0.364. The third-order valence-corrected chi connectivity index (χ3v) is 2.72. The Morgan fingerprint density at radius 3 is 2.33 bits per heavy atom. The van der Waals surface area contributed by atoms with Crippen LogP contribution in [0, 0.1) is 5.92 Å². The summed E-state index contributed by atoms with van der Waals surface area (Å²) in [6, 6.07) is 5.90. The van der Waals surface area contributed by atoms with Gasteiger partial charge < -0.3 is 5.11 Å². The van der Waals surface area contributed by atoms with Crippen LogP contribution in [0.5, 0.6) is 0 Å². The number of halogens is 2. The van der Waals surface area contributed by atoms with E-state index in [1.807, 2.05) is 0 Å². The Bertz CT molecular complexity index is 373. The molecule has 1 aromatic rings. The minimum Gasteiger partial charge on any atom is -0.481 e. The predicted octanol–water partition coefficient (Wildman–Crippen LogP) is 2.81. The van der Waals surface area contributed by atoms with Gasteiger partial charge in [-0.25, -0.2) is 8.78 Å². The second kappa shape index (κ2) is 3.61. The van der Waals surface area contributed by atoms with Crippen LogP contribution in [-0.2, 0) is 4.79 Å². The van der Waals surface area contributed by atoms with Gasteiger partial charge in [0, 0.05) is 5.56 Å². The van der Waals surface area contributed by atoms with Crippen LogP contribution in [0.1, 0.15) is 29.9 Å². The maximum Gasteiger partial charge on any atom is 0.307 e. The Labute approximate surface area is 85.5 Å². The van der Waals surface area contributed by atoms with Crippen LogP contribution in [0.25, 0.3) is 0 Å². The molecular formula is C11H10F2O2. The molecule has 2 rings (SSSR count). The Balaban J connectivity index is 2.09. The average Bonchev–Trinajstić information content (AvgIpc) is 2.97. The monoisotopic (exact) mass is 212 g/mol. The molecule has 1 aromatic carbocycles. The van der Waals surface area contributed by atoms with E-state index >= 15 is 0 Å². The molecular weight excluding hydrogens is 202 g/mol. The van der Waals surface area contributed by atoms with Crippen molar-refractivity contribution in [3.63, 3.8) is 0 Å². The van der Waals surface area contributed by atoms with Gasteiger partial charge in [-0.2, -0.15) is 0 Å². The van der Waals surface area contributed by atoms with Crippen LogP contribution >= 0.6 is 0 Å². The number of hydrogen-bond donors (Lipinski definition) is 1. The summed E-state index contributed by atoms with van der Waals surface area (Å²) in [6.45, 7) is 0. The number of aliphatic carboxylic acids is 1. The van der Waals surface area contributed by atoms with Crippen LogP contribution in [0.2, 0.25) is 0 Å². The summed E-state index contributed by atoms with van der Waals surface area (Å²) in [5.74, 6) is -1.13. The summed E-state index contributed by atoms with van der Waals surface area (Å²) in [5, 5.41) is 8.71. The summed E-state index contributed by atoms with van der Waals surface area (Å²) in [7, 11) is 0. The molecule has 2 unspecified atom stereocenters. The number of carboxylic acid groups (broad SMARTS) is 1. The van der Waals surface area contributed by atoms with E-state index in [2.05, 4.69) is 0 Å². The maximum absolute atomic E-state index is 12.2. The third kappa shape index (κ3) is 1.98. The van der Waals surface area contributed by atoms with Crippen molar-refractivity contribution in [2.24, 2.45) is 5.92 Å². The second-order valence-electron chi connectivity index (χ2n) is 3.75. The van der Waals surface area contributed by atoms with Gasteiger partial charge in [0.25, 0.3) is 6.43 Å². The predicted molar refractivity (Wildman–Crippen MR) is 49.9 cm³/mol. The Kier molecular flexibility index (Phi) is 2.42. The standard InChI is InChI=1S/C11H10F2O2/c12-10(13)7-3-1-6(2-4-7)8-5-9(8)11(14)15/h1-4,8-10H,5H2,(H,14,15). The van der Waals surface area contributed by atoms with Crippen LogP contribution < -0.4 is 0 Å². The summed E-state index contributed by atoms with van der Waals surface area (Å²) in [6.07, 6.45) is -1.85. The van der Waals surface area contributed by atoms with Crippen LogP contribution in [0.3, 0.4) is 0 Å². The first-order valence-electron chi connectivity index (χ1n) is 4.70. The van der Waals surface area contributed by atoms with Gasteiger partial charge in [0.2, 0.25) is 0 Å². The third-order valence-electron chi connectivity index (χ3n) is 2.72. The topological polar surface area (TPSA) is 37.3 Å². The molecule has 0 heterocycles. The van der Waals surface area contributed by atoms with Crippen molar-refractivity contribution in [3.8, 4) is 0 Å². The molecule has 0 aliphatic heterocycles. The van der Waals surface area contributed by atoms with Gasteiger partial charge in [-0.15, -0.1) is 0 Å². The van der Waals surface area contributed by atoms with E-state index in [1.54, 1.807) is 12.1 Å². The lowest BCUT2D eigenvalue weighted by atomic mass is 10.1. The van der Waals surface area contributed by atoms with E-state index < -0.39 is 12.4 Å². The van der Waals surface area contributed by atoms with Crippen molar-refractivity contribution in [3.05, 3.63) is 35.4 Å². The fourth-order valence-corrected chi connectivity index (χ4v) is 1.73. The van der Waals surface area contributed by atoms with E-state index in [1.165, 1.54) is 12.1 Å². The van der Waals surface area contributed by atoms with Gasteiger partial charge in [0.1, 0.15) is 0 Å². The average molecular weight is 212 g/mol. The molecule has 1 aliphatic rings. The van der Waals surface area contributed by atoms with Crippen LogP contribution in [0.15, 0.2) is 24.3 Å². The Morgan fingerprint density at radius 2 is 1.93 bits per heavy atom.